The number of hydrogen-bond acceptors (Lipinski definition) is 7. The fourth-order valence-electron chi connectivity index (χ4n) is 2.81. The summed E-state index contributed by atoms with van der Waals surface area (Å²) in [5, 5.41) is 0. The van der Waals surface area contributed by atoms with E-state index in [0.717, 1.165) is 11.1 Å². The standard InChI is InChI=1S/C22H21N3O4/c1-14-9-15(7-8-21(14)29-22-24-12-17(28-2)13-25-22)10-16(26)11-20(27)18-5-3-4-6-19(18)23/h3-9,12-13H,10-11,23H2,1-2H3. The zero-order chi connectivity index (χ0) is 20.8. The Bertz CT molecular complexity index is 1030. The summed E-state index contributed by atoms with van der Waals surface area (Å²) in [6.45, 7) is 1.86. The van der Waals surface area contributed by atoms with Gasteiger partial charge in [-0.3, -0.25) is 9.59 Å². The molecule has 2 aromatic carbocycles. The minimum atomic E-state index is -0.276. The fraction of sp³-hybridized carbons (Fsp3) is 0.182. The summed E-state index contributed by atoms with van der Waals surface area (Å²) in [7, 11) is 1.53. The van der Waals surface area contributed by atoms with Crippen LogP contribution in [0.15, 0.2) is 54.9 Å². The van der Waals surface area contributed by atoms with Gasteiger partial charge in [0.05, 0.1) is 25.9 Å². The van der Waals surface area contributed by atoms with Crippen LogP contribution in [-0.2, 0) is 11.2 Å². The number of anilines is 1. The number of Topliss-reactive ketones (excluding diaryl/α,β-unsaturated/α-hetero) is 2. The molecule has 0 atom stereocenters. The monoisotopic (exact) mass is 391 g/mol. The second kappa shape index (κ2) is 8.97. The van der Waals surface area contributed by atoms with Gasteiger partial charge in [0.15, 0.2) is 11.5 Å². The molecule has 0 radical (unpaired) electrons. The molecule has 0 aliphatic rings. The third-order valence-corrected chi connectivity index (χ3v) is 4.30. The van der Waals surface area contributed by atoms with Crippen LogP contribution in [0.5, 0.6) is 17.5 Å². The van der Waals surface area contributed by atoms with E-state index in [1.807, 2.05) is 13.0 Å². The van der Waals surface area contributed by atoms with Gasteiger partial charge < -0.3 is 15.2 Å². The predicted octanol–water partition coefficient (Wildman–Crippen LogP) is 3.55. The molecule has 3 aromatic rings. The van der Waals surface area contributed by atoms with Crippen LogP contribution in [0.4, 0.5) is 5.69 Å². The number of para-hydroxylation sites is 1. The third kappa shape index (κ3) is 5.16. The Labute approximate surface area is 168 Å². The van der Waals surface area contributed by atoms with Crippen molar-refractivity contribution in [3.8, 4) is 17.5 Å². The van der Waals surface area contributed by atoms with Crippen LogP contribution in [0.25, 0.3) is 0 Å². The Morgan fingerprint density at radius 3 is 2.45 bits per heavy atom. The minimum absolute atomic E-state index is 0.151. The first kappa shape index (κ1) is 20.0. The quantitative estimate of drug-likeness (QED) is 0.356. The van der Waals surface area contributed by atoms with Gasteiger partial charge in [-0.25, -0.2) is 0 Å². The number of nitrogen functional groups attached to an aromatic ring is 1. The normalized spacial score (nSPS) is 10.4. The molecule has 0 aliphatic carbocycles. The van der Waals surface area contributed by atoms with Gasteiger partial charge in [-0.15, -0.1) is 0 Å². The van der Waals surface area contributed by atoms with Crippen LogP contribution in [0.3, 0.4) is 0 Å². The highest BCUT2D eigenvalue weighted by atomic mass is 16.5. The molecule has 148 valence electrons. The fourth-order valence-corrected chi connectivity index (χ4v) is 2.81. The van der Waals surface area contributed by atoms with Crippen molar-refractivity contribution in [2.24, 2.45) is 0 Å². The summed E-state index contributed by atoms with van der Waals surface area (Å²) in [6, 6.07) is 12.3. The molecule has 0 spiro atoms. The highest BCUT2D eigenvalue weighted by Gasteiger charge is 2.15. The number of aromatic nitrogens is 2. The van der Waals surface area contributed by atoms with E-state index in [2.05, 4.69) is 9.97 Å². The SMILES string of the molecule is COc1cnc(Oc2ccc(CC(=O)CC(=O)c3ccccc3N)cc2C)nc1. The summed E-state index contributed by atoms with van der Waals surface area (Å²) in [6.07, 6.45) is 2.99. The number of ether oxygens (including phenoxy) is 2. The van der Waals surface area contributed by atoms with Crippen molar-refractivity contribution in [1.29, 1.82) is 0 Å². The van der Waals surface area contributed by atoms with Crippen molar-refractivity contribution in [2.75, 3.05) is 12.8 Å². The molecule has 0 saturated heterocycles. The molecular formula is C22H21N3O4. The van der Waals surface area contributed by atoms with Crippen LogP contribution < -0.4 is 15.2 Å². The van der Waals surface area contributed by atoms with Crippen molar-refractivity contribution in [2.45, 2.75) is 19.8 Å². The first-order valence-corrected chi connectivity index (χ1v) is 8.99. The number of hydrogen-bond donors (Lipinski definition) is 1. The largest absolute Gasteiger partial charge is 0.494 e. The number of nitrogens with two attached hydrogens (primary N) is 1. The molecule has 0 saturated carbocycles. The summed E-state index contributed by atoms with van der Waals surface area (Å²) in [4.78, 5) is 32.8. The summed E-state index contributed by atoms with van der Waals surface area (Å²) in [5.41, 5.74) is 8.18. The van der Waals surface area contributed by atoms with Crippen LogP contribution in [0.1, 0.15) is 27.9 Å². The number of rotatable bonds is 8. The molecule has 0 unspecified atom stereocenters. The number of ketones is 2. The molecule has 7 heteroatoms. The van der Waals surface area contributed by atoms with E-state index in [1.54, 1.807) is 36.4 Å². The van der Waals surface area contributed by atoms with E-state index in [4.69, 9.17) is 15.2 Å². The Kier molecular flexibility index (Phi) is 6.19. The number of nitrogens with zero attached hydrogens (tertiary/aromatic N) is 2. The lowest BCUT2D eigenvalue weighted by Gasteiger charge is -2.09. The topological polar surface area (TPSA) is 104 Å². The smallest absolute Gasteiger partial charge is 0.322 e. The van der Waals surface area contributed by atoms with E-state index in [0.29, 0.717) is 22.7 Å². The van der Waals surface area contributed by atoms with Crippen molar-refractivity contribution < 1.29 is 19.1 Å². The van der Waals surface area contributed by atoms with E-state index in [-0.39, 0.29) is 30.4 Å². The van der Waals surface area contributed by atoms with Gasteiger partial charge >= 0.3 is 6.01 Å². The number of aryl methyl sites for hydroxylation is 1. The van der Waals surface area contributed by atoms with Crippen LogP contribution in [0, 0.1) is 6.92 Å². The van der Waals surface area contributed by atoms with E-state index in [1.165, 1.54) is 19.5 Å². The van der Waals surface area contributed by atoms with Gasteiger partial charge in [-0.2, -0.15) is 9.97 Å². The number of carbonyl (C=O) groups is 2. The molecule has 1 heterocycles. The summed E-state index contributed by atoms with van der Waals surface area (Å²) >= 11 is 0. The second-order valence-corrected chi connectivity index (χ2v) is 6.51. The highest BCUT2D eigenvalue weighted by Crippen LogP contribution is 2.24. The lowest BCUT2D eigenvalue weighted by Crippen LogP contribution is -2.12. The molecule has 0 amide bonds. The van der Waals surface area contributed by atoms with Crippen LogP contribution >= 0.6 is 0 Å². The van der Waals surface area contributed by atoms with E-state index < -0.39 is 0 Å². The van der Waals surface area contributed by atoms with Gasteiger partial charge in [-0.1, -0.05) is 24.3 Å². The maximum atomic E-state index is 12.3. The van der Waals surface area contributed by atoms with Gasteiger partial charge in [0.2, 0.25) is 0 Å². The third-order valence-electron chi connectivity index (χ3n) is 4.30. The first-order valence-electron chi connectivity index (χ1n) is 8.99. The Morgan fingerprint density at radius 1 is 1.07 bits per heavy atom. The van der Waals surface area contributed by atoms with Gasteiger partial charge in [-0.05, 0) is 36.2 Å². The maximum Gasteiger partial charge on any atom is 0.322 e. The molecule has 1 aromatic heterocycles. The number of methoxy groups -OCH3 is 1. The molecule has 0 aliphatic heterocycles. The lowest BCUT2D eigenvalue weighted by atomic mass is 9.99. The van der Waals surface area contributed by atoms with E-state index >= 15 is 0 Å². The Morgan fingerprint density at radius 2 is 1.79 bits per heavy atom. The van der Waals surface area contributed by atoms with Crippen molar-refractivity contribution >= 4 is 17.3 Å². The molecule has 2 N–H and O–H groups in total. The van der Waals surface area contributed by atoms with Crippen LogP contribution in [0.2, 0.25) is 0 Å². The van der Waals surface area contributed by atoms with Gasteiger partial charge in [0, 0.05) is 17.7 Å². The Hall–Kier alpha value is -3.74. The molecule has 0 bridgehead atoms. The van der Waals surface area contributed by atoms with E-state index in [9.17, 15) is 9.59 Å². The second-order valence-electron chi connectivity index (χ2n) is 6.51. The first-order chi connectivity index (χ1) is 14.0. The molecule has 0 fully saturated rings. The van der Waals surface area contributed by atoms with Crippen LogP contribution in [-0.4, -0.2) is 28.6 Å². The van der Waals surface area contributed by atoms with Gasteiger partial charge in [0.25, 0.3) is 0 Å². The highest BCUT2D eigenvalue weighted by molar-refractivity contribution is 6.10. The maximum absolute atomic E-state index is 12.3. The predicted molar refractivity (Wildman–Crippen MR) is 108 cm³/mol. The van der Waals surface area contributed by atoms with Crippen molar-refractivity contribution in [1.82, 2.24) is 9.97 Å². The molecule has 7 nitrogen and oxygen atoms in total. The molecule has 29 heavy (non-hydrogen) atoms. The summed E-state index contributed by atoms with van der Waals surface area (Å²) < 4.78 is 10.7. The Balaban J connectivity index is 1.62. The molecule has 3 rings (SSSR count). The average Bonchev–Trinajstić information content (AvgIpc) is 2.70. The molecular weight excluding hydrogens is 370 g/mol. The summed E-state index contributed by atoms with van der Waals surface area (Å²) in [5.74, 6) is 0.667. The number of benzene rings is 2. The lowest BCUT2D eigenvalue weighted by molar-refractivity contribution is -0.117. The van der Waals surface area contributed by atoms with Crippen molar-refractivity contribution in [3.63, 3.8) is 0 Å². The average molecular weight is 391 g/mol. The zero-order valence-electron chi connectivity index (χ0n) is 16.2. The van der Waals surface area contributed by atoms with Crippen molar-refractivity contribution in [3.05, 3.63) is 71.5 Å². The zero-order valence-corrected chi connectivity index (χ0v) is 16.2. The minimum Gasteiger partial charge on any atom is -0.494 e. The number of carbonyl (C=O) groups excluding carboxylic acids is 2. The van der Waals surface area contributed by atoms with Gasteiger partial charge in [0.1, 0.15) is 11.5 Å².